The van der Waals surface area contributed by atoms with Crippen LogP contribution in [0.5, 0.6) is 0 Å². The van der Waals surface area contributed by atoms with Gasteiger partial charge in [0.25, 0.3) is 5.76 Å². The second kappa shape index (κ2) is 12.8. The fraction of sp³-hybridized carbons (Fsp3) is 0.739. The van der Waals surface area contributed by atoms with Crippen molar-refractivity contribution in [2.45, 2.75) is 107 Å². The fourth-order valence-electron chi connectivity index (χ4n) is 4.27. The molecule has 1 aromatic carbocycles. The topological polar surface area (TPSA) is 0 Å². The van der Waals surface area contributed by atoms with Crippen LogP contribution in [0.2, 0.25) is 0 Å². The van der Waals surface area contributed by atoms with Crippen LogP contribution in [0.15, 0.2) is 29.2 Å². The Morgan fingerprint density at radius 3 is 2.00 bits per heavy atom. The summed E-state index contributed by atoms with van der Waals surface area (Å²) in [5.74, 6) is -0.775. The molecule has 0 amide bonds. The molecular weight excluding hydrogens is 346 g/mol. The highest BCUT2D eigenvalue weighted by Crippen LogP contribution is 2.38. The summed E-state index contributed by atoms with van der Waals surface area (Å²) in [7, 11) is 0. The van der Waals surface area contributed by atoms with E-state index in [4.69, 9.17) is 0 Å². The highest BCUT2D eigenvalue weighted by molar-refractivity contribution is 7.99. The first-order valence-corrected chi connectivity index (χ1v) is 11.6. The molecule has 2 rings (SSSR count). The zero-order valence-corrected chi connectivity index (χ0v) is 17.2. The minimum Gasteiger partial charge on any atom is -0.198 e. The van der Waals surface area contributed by atoms with Crippen LogP contribution in [0.4, 0.5) is 8.78 Å². The first-order chi connectivity index (χ1) is 12.7. The van der Waals surface area contributed by atoms with E-state index < -0.39 is 5.76 Å². The number of unbranched alkanes of at least 4 members (excludes halogenated alkanes) is 7. The molecule has 0 nitrogen and oxygen atoms in total. The quantitative estimate of drug-likeness (QED) is 0.257. The Bertz CT molecular complexity index is 464. The van der Waals surface area contributed by atoms with Gasteiger partial charge in [0.15, 0.2) is 0 Å². The maximum absolute atomic E-state index is 12.4. The maximum atomic E-state index is 12.4. The number of rotatable bonds is 12. The Morgan fingerprint density at radius 2 is 1.42 bits per heavy atom. The lowest BCUT2D eigenvalue weighted by atomic mass is 9.77. The number of hydrogen-bond donors (Lipinski definition) is 0. The largest absolute Gasteiger partial charge is 0.288 e. The van der Waals surface area contributed by atoms with Crippen molar-refractivity contribution in [1.29, 1.82) is 0 Å². The van der Waals surface area contributed by atoms with E-state index in [0.717, 1.165) is 5.92 Å². The van der Waals surface area contributed by atoms with Crippen molar-refractivity contribution in [2.24, 2.45) is 5.92 Å². The Kier molecular flexibility index (Phi) is 10.7. The van der Waals surface area contributed by atoms with Gasteiger partial charge in [-0.3, -0.25) is 0 Å². The van der Waals surface area contributed by atoms with E-state index in [1.807, 2.05) is 12.1 Å². The SMILES string of the molecule is CCCCCCCCCCC1CCC(c2ccc(SC(F)F)cc2)CC1. The molecule has 0 radical (unpaired) electrons. The molecule has 0 N–H and O–H groups in total. The molecule has 1 saturated carbocycles. The van der Waals surface area contributed by atoms with E-state index in [-0.39, 0.29) is 0 Å². The average Bonchev–Trinajstić information content (AvgIpc) is 2.65. The van der Waals surface area contributed by atoms with Crippen molar-refractivity contribution in [2.75, 3.05) is 0 Å². The molecule has 3 heteroatoms. The number of benzene rings is 1. The van der Waals surface area contributed by atoms with E-state index in [0.29, 0.717) is 22.6 Å². The lowest BCUT2D eigenvalue weighted by Crippen LogP contribution is -2.13. The maximum Gasteiger partial charge on any atom is 0.288 e. The summed E-state index contributed by atoms with van der Waals surface area (Å²) in [5.41, 5.74) is 1.34. The Balaban J connectivity index is 1.57. The molecule has 1 fully saturated rings. The van der Waals surface area contributed by atoms with Gasteiger partial charge < -0.3 is 0 Å². The van der Waals surface area contributed by atoms with Crippen molar-refractivity contribution in [3.05, 3.63) is 29.8 Å². The fourth-order valence-corrected chi connectivity index (χ4v) is 4.77. The van der Waals surface area contributed by atoms with Gasteiger partial charge in [-0.25, -0.2) is 0 Å². The van der Waals surface area contributed by atoms with Crippen molar-refractivity contribution in [3.8, 4) is 0 Å². The lowest BCUT2D eigenvalue weighted by molar-refractivity contribution is 0.252. The van der Waals surface area contributed by atoms with Gasteiger partial charge in [0.05, 0.1) is 0 Å². The van der Waals surface area contributed by atoms with E-state index in [9.17, 15) is 8.78 Å². The van der Waals surface area contributed by atoms with Crippen molar-refractivity contribution in [3.63, 3.8) is 0 Å². The van der Waals surface area contributed by atoms with Crippen molar-refractivity contribution in [1.82, 2.24) is 0 Å². The molecule has 0 unspecified atom stereocenters. The van der Waals surface area contributed by atoms with Crippen LogP contribution in [0, 0.1) is 5.92 Å². The standard InChI is InChI=1S/C23H36F2S/c1-2-3-4-5-6-7-8-9-10-19-11-13-20(14-12-19)21-15-17-22(18-16-21)26-23(24)25/h15-20,23H,2-14H2,1H3. The zero-order valence-electron chi connectivity index (χ0n) is 16.4. The molecule has 148 valence electrons. The summed E-state index contributed by atoms with van der Waals surface area (Å²) >= 11 is 0.639. The number of thioether (sulfide) groups is 1. The molecule has 0 atom stereocenters. The number of hydrogen-bond acceptors (Lipinski definition) is 1. The smallest absolute Gasteiger partial charge is 0.198 e. The van der Waals surface area contributed by atoms with Crippen LogP contribution < -0.4 is 0 Å². The molecular formula is C23H36F2S. The minimum atomic E-state index is -2.33. The summed E-state index contributed by atoms with van der Waals surface area (Å²) in [6.07, 6.45) is 17.9. The van der Waals surface area contributed by atoms with Crippen molar-refractivity contribution >= 4 is 11.8 Å². The molecule has 0 aliphatic heterocycles. The van der Waals surface area contributed by atoms with Crippen LogP contribution in [0.1, 0.15) is 102 Å². The summed E-state index contributed by atoms with van der Waals surface area (Å²) in [4.78, 5) is 0.673. The third-order valence-electron chi connectivity index (χ3n) is 5.89. The van der Waals surface area contributed by atoms with Crippen LogP contribution in [0.3, 0.4) is 0 Å². The van der Waals surface area contributed by atoms with Gasteiger partial charge in [0.1, 0.15) is 0 Å². The molecule has 1 aliphatic carbocycles. The third kappa shape index (κ3) is 8.41. The first kappa shape index (κ1) is 21.7. The van der Waals surface area contributed by atoms with Gasteiger partial charge >= 0.3 is 0 Å². The van der Waals surface area contributed by atoms with Crippen LogP contribution >= 0.6 is 11.8 Å². The number of halogens is 2. The van der Waals surface area contributed by atoms with Gasteiger partial charge in [0.2, 0.25) is 0 Å². The molecule has 1 aromatic rings. The monoisotopic (exact) mass is 382 g/mol. The normalized spacial score (nSPS) is 20.6. The average molecular weight is 383 g/mol. The van der Waals surface area contributed by atoms with Gasteiger partial charge in [-0.05, 0) is 55.2 Å². The Morgan fingerprint density at radius 1 is 0.846 bits per heavy atom. The summed E-state index contributed by atoms with van der Waals surface area (Å²) in [6.45, 7) is 2.27. The molecule has 0 bridgehead atoms. The second-order valence-electron chi connectivity index (χ2n) is 7.93. The Hall–Kier alpha value is -0.570. The summed E-state index contributed by atoms with van der Waals surface area (Å²) in [6, 6.07) is 7.85. The summed E-state index contributed by atoms with van der Waals surface area (Å²) < 4.78 is 24.8. The molecule has 0 aromatic heterocycles. The molecule has 0 heterocycles. The summed E-state index contributed by atoms with van der Waals surface area (Å²) in [5, 5.41) is 0. The highest BCUT2D eigenvalue weighted by Gasteiger charge is 2.22. The Labute approximate surface area is 163 Å². The van der Waals surface area contributed by atoms with E-state index in [2.05, 4.69) is 19.1 Å². The van der Waals surface area contributed by atoms with Gasteiger partial charge in [0, 0.05) is 4.90 Å². The van der Waals surface area contributed by atoms with Crippen molar-refractivity contribution < 1.29 is 8.78 Å². The second-order valence-corrected chi connectivity index (χ2v) is 8.99. The molecule has 26 heavy (non-hydrogen) atoms. The first-order valence-electron chi connectivity index (χ1n) is 10.7. The minimum absolute atomic E-state index is 0.635. The number of alkyl halides is 2. The van der Waals surface area contributed by atoms with Gasteiger partial charge in [-0.2, -0.15) is 8.78 Å². The molecule has 0 spiro atoms. The third-order valence-corrected chi connectivity index (χ3v) is 6.61. The zero-order chi connectivity index (χ0) is 18.6. The van der Waals surface area contributed by atoms with E-state index in [1.165, 1.54) is 89.0 Å². The molecule has 1 aliphatic rings. The van der Waals surface area contributed by atoms with Gasteiger partial charge in [-0.1, -0.05) is 88.6 Å². The van der Waals surface area contributed by atoms with Crippen LogP contribution in [0.25, 0.3) is 0 Å². The predicted molar refractivity (Wildman–Crippen MR) is 110 cm³/mol. The van der Waals surface area contributed by atoms with E-state index in [1.54, 1.807) is 0 Å². The van der Waals surface area contributed by atoms with Crippen LogP contribution in [-0.4, -0.2) is 5.76 Å². The lowest BCUT2D eigenvalue weighted by Gasteiger charge is -2.29. The van der Waals surface area contributed by atoms with Crippen LogP contribution in [-0.2, 0) is 0 Å². The highest BCUT2D eigenvalue weighted by atomic mass is 32.2. The van der Waals surface area contributed by atoms with E-state index >= 15 is 0 Å². The molecule has 0 saturated heterocycles. The van der Waals surface area contributed by atoms with Gasteiger partial charge in [-0.15, -0.1) is 0 Å². The predicted octanol–water partition coefficient (Wildman–Crippen LogP) is 8.81.